The SMILES string of the molecule is C#CC(C)OC(=O)CCCC(=O)OCC(F)(F)C(F)(F)C(F)(F)C(F)F. The molecule has 0 bridgehead atoms. The molecule has 0 N–H and O–H groups in total. The molecule has 0 aliphatic carbocycles. The minimum Gasteiger partial charge on any atom is -0.459 e. The van der Waals surface area contributed by atoms with Crippen LogP contribution in [0.2, 0.25) is 0 Å². The lowest BCUT2D eigenvalue weighted by atomic mass is 10.1. The van der Waals surface area contributed by atoms with Crippen molar-refractivity contribution in [3.63, 3.8) is 0 Å². The molecule has 1 atom stereocenters. The van der Waals surface area contributed by atoms with Crippen molar-refractivity contribution in [2.24, 2.45) is 0 Å². The summed E-state index contributed by atoms with van der Waals surface area (Å²) in [5, 5.41) is 0. The molecule has 0 spiro atoms. The van der Waals surface area contributed by atoms with Gasteiger partial charge in [-0.25, -0.2) is 8.78 Å². The number of ether oxygens (including phenoxy) is 2. The van der Waals surface area contributed by atoms with E-state index in [2.05, 4.69) is 15.4 Å². The van der Waals surface area contributed by atoms with E-state index in [0.717, 1.165) is 0 Å². The van der Waals surface area contributed by atoms with Crippen LogP contribution >= 0.6 is 0 Å². The minimum atomic E-state index is -6.45. The number of terminal acetylenes is 1. The van der Waals surface area contributed by atoms with E-state index < -0.39 is 61.7 Å². The summed E-state index contributed by atoms with van der Waals surface area (Å²) in [6.07, 6.45) is -2.40. The average Bonchev–Trinajstić information content (AvgIpc) is 2.52. The van der Waals surface area contributed by atoms with Crippen molar-refractivity contribution < 1.29 is 54.2 Å². The van der Waals surface area contributed by atoms with Crippen molar-refractivity contribution in [1.29, 1.82) is 0 Å². The predicted octanol–water partition coefficient (Wildman–Crippen LogP) is 3.44. The van der Waals surface area contributed by atoms with Crippen LogP contribution in [0.5, 0.6) is 0 Å². The predicted molar refractivity (Wildman–Crippen MR) is 70.0 cm³/mol. The molecule has 0 aliphatic rings. The van der Waals surface area contributed by atoms with E-state index in [1.54, 1.807) is 0 Å². The van der Waals surface area contributed by atoms with Crippen LogP contribution in [0.1, 0.15) is 26.2 Å². The molecule has 12 heteroatoms. The Labute approximate surface area is 142 Å². The molecule has 26 heavy (non-hydrogen) atoms. The summed E-state index contributed by atoms with van der Waals surface area (Å²) in [7, 11) is 0. The molecule has 0 rings (SSSR count). The lowest BCUT2D eigenvalue weighted by Crippen LogP contribution is -2.59. The van der Waals surface area contributed by atoms with Crippen molar-refractivity contribution in [2.45, 2.75) is 56.5 Å². The molecule has 0 aromatic carbocycles. The molecule has 0 heterocycles. The third-order valence-corrected chi connectivity index (χ3v) is 2.87. The molecule has 0 saturated carbocycles. The molecular weight excluding hydrogens is 384 g/mol. The summed E-state index contributed by atoms with van der Waals surface area (Å²) < 4.78 is 109. The van der Waals surface area contributed by atoms with Crippen LogP contribution in [-0.4, -0.2) is 48.8 Å². The summed E-state index contributed by atoms with van der Waals surface area (Å²) in [4.78, 5) is 22.3. The first-order chi connectivity index (χ1) is 11.7. The second-order valence-corrected chi connectivity index (χ2v) is 5.02. The summed E-state index contributed by atoms with van der Waals surface area (Å²) in [5.41, 5.74) is 0. The second kappa shape index (κ2) is 9.05. The quantitative estimate of drug-likeness (QED) is 0.322. The van der Waals surface area contributed by atoms with Gasteiger partial charge >= 0.3 is 36.1 Å². The van der Waals surface area contributed by atoms with Gasteiger partial charge in [0.25, 0.3) is 0 Å². The Hall–Kier alpha value is -2.06. The fourth-order valence-corrected chi connectivity index (χ4v) is 1.38. The maximum absolute atomic E-state index is 13.1. The number of rotatable bonds is 10. The molecule has 0 aromatic rings. The standard InChI is InChI=1S/C14H14F8O4/c1-3-8(2)26-10(24)6-4-5-9(23)25-7-12(17,18)14(21,22)13(19,20)11(15)16/h1,8,11H,4-7H2,2H3. The maximum Gasteiger partial charge on any atom is 0.381 e. The monoisotopic (exact) mass is 398 g/mol. The van der Waals surface area contributed by atoms with Crippen molar-refractivity contribution in [3.05, 3.63) is 0 Å². The summed E-state index contributed by atoms with van der Waals surface area (Å²) in [6, 6.07) is 0. The van der Waals surface area contributed by atoms with E-state index in [9.17, 15) is 44.7 Å². The second-order valence-electron chi connectivity index (χ2n) is 5.02. The number of alkyl halides is 8. The van der Waals surface area contributed by atoms with Crippen molar-refractivity contribution >= 4 is 11.9 Å². The van der Waals surface area contributed by atoms with Crippen molar-refractivity contribution in [1.82, 2.24) is 0 Å². The number of halogens is 8. The zero-order valence-corrected chi connectivity index (χ0v) is 13.2. The van der Waals surface area contributed by atoms with Gasteiger partial charge < -0.3 is 9.47 Å². The first-order valence-corrected chi connectivity index (χ1v) is 6.92. The Morgan fingerprint density at radius 3 is 2.00 bits per heavy atom. The molecule has 0 amide bonds. The molecule has 0 radical (unpaired) electrons. The highest BCUT2D eigenvalue weighted by Gasteiger charge is 2.75. The van der Waals surface area contributed by atoms with Crippen LogP contribution in [0.25, 0.3) is 0 Å². The van der Waals surface area contributed by atoms with Crippen LogP contribution in [0, 0.1) is 12.3 Å². The Morgan fingerprint density at radius 2 is 1.54 bits per heavy atom. The molecule has 1 unspecified atom stereocenters. The summed E-state index contributed by atoms with van der Waals surface area (Å²) >= 11 is 0. The molecular formula is C14H14F8O4. The fourth-order valence-electron chi connectivity index (χ4n) is 1.38. The number of hydrogen-bond donors (Lipinski definition) is 0. The van der Waals surface area contributed by atoms with Gasteiger partial charge in [-0.1, -0.05) is 5.92 Å². The van der Waals surface area contributed by atoms with Crippen molar-refractivity contribution in [2.75, 3.05) is 6.61 Å². The highest BCUT2D eigenvalue weighted by Crippen LogP contribution is 2.48. The molecule has 0 aromatic heterocycles. The zero-order valence-electron chi connectivity index (χ0n) is 13.2. The Kier molecular flexibility index (Phi) is 8.33. The highest BCUT2D eigenvalue weighted by molar-refractivity contribution is 5.72. The Balaban J connectivity index is 4.53. The largest absolute Gasteiger partial charge is 0.459 e. The van der Waals surface area contributed by atoms with Gasteiger partial charge in [-0.2, -0.15) is 26.3 Å². The average molecular weight is 398 g/mol. The van der Waals surface area contributed by atoms with Crippen molar-refractivity contribution in [3.8, 4) is 12.3 Å². The van der Waals surface area contributed by atoms with Gasteiger partial charge in [0, 0.05) is 12.8 Å². The first-order valence-electron chi connectivity index (χ1n) is 6.92. The van der Waals surface area contributed by atoms with Crippen LogP contribution < -0.4 is 0 Å². The van der Waals surface area contributed by atoms with Gasteiger partial charge in [0.2, 0.25) is 0 Å². The topological polar surface area (TPSA) is 52.6 Å². The highest BCUT2D eigenvalue weighted by atomic mass is 19.4. The van der Waals surface area contributed by atoms with E-state index in [1.807, 2.05) is 0 Å². The maximum atomic E-state index is 13.1. The Bertz CT molecular complexity index is 542. The van der Waals surface area contributed by atoms with Crippen LogP contribution in [0.4, 0.5) is 35.1 Å². The van der Waals surface area contributed by atoms with Gasteiger partial charge in [0.05, 0.1) is 0 Å². The van der Waals surface area contributed by atoms with E-state index in [4.69, 9.17) is 6.42 Å². The zero-order chi connectivity index (χ0) is 20.8. The van der Waals surface area contributed by atoms with E-state index in [1.165, 1.54) is 6.92 Å². The minimum absolute atomic E-state index is 0.301. The van der Waals surface area contributed by atoms with Gasteiger partial charge in [0.1, 0.15) is 0 Å². The molecule has 0 saturated heterocycles. The number of esters is 2. The molecule has 150 valence electrons. The normalized spacial score (nSPS) is 13.9. The van der Waals surface area contributed by atoms with Gasteiger partial charge in [-0.3, -0.25) is 9.59 Å². The van der Waals surface area contributed by atoms with E-state index >= 15 is 0 Å². The number of hydrogen-bond acceptors (Lipinski definition) is 4. The van der Waals surface area contributed by atoms with Crippen LogP contribution in [0.3, 0.4) is 0 Å². The van der Waals surface area contributed by atoms with Gasteiger partial charge in [-0.05, 0) is 13.3 Å². The number of carbonyl (C=O) groups excluding carboxylic acids is 2. The molecule has 0 fully saturated rings. The third kappa shape index (κ3) is 6.03. The summed E-state index contributed by atoms with van der Waals surface area (Å²) in [6.45, 7) is -1.18. The van der Waals surface area contributed by atoms with Gasteiger partial charge in [0.15, 0.2) is 12.7 Å². The number of carbonyl (C=O) groups is 2. The lowest BCUT2D eigenvalue weighted by Gasteiger charge is -2.31. The first kappa shape index (κ1) is 23.9. The third-order valence-electron chi connectivity index (χ3n) is 2.87. The van der Waals surface area contributed by atoms with E-state index in [-0.39, 0.29) is 6.42 Å². The van der Waals surface area contributed by atoms with Gasteiger partial charge in [-0.15, -0.1) is 6.42 Å². The van der Waals surface area contributed by atoms with Crippen LogP contribution in [-0.2, 0) is 19.1 Å². The smallest absolute Gasteiger partial charge is 0.381 e. The Morgan fingerprint density at radius 1 is 1.04 bits per heavy atom. The molecule has 4 nitrogen and oxygen atoms in total. The summed E-state index contributed by atoms with van der Waals surface area (Å²) in [5.74, 6) is -18.8. The molecule has 0 aliphatic heterocycles. The van der Waals surface area contributed by atoms with Crippen LogP contribution in [0.15, 0.2) is 0 Å². The lowest BCUT2D eigenvalue weighted by molar-refractivity contribution is -0.344. The fraction of sp³-hybridized carbons (Fsp3) is 0.714. The van der Waals surface area contributed by atoms with E-state index in [0.29, 0.717) is 0 Å².